The summed E-state index contributed by atoms with van der Waals surface area (Å²) in [5.74, 6) is -1.04. The summed E-state index contributed by atoms with van der Waals surface area (Å²) < 4.78 is 67.1. The first-order valence-corrected chi connectivity index (χ1v) is 11.9. The first-order valence-electron chi connectivity index (χ1n) is 10.3. The Morgan fingerprint density at radius 2 is 1.82 bits per heavy atom. The van der Waals surface area contributed by atoms with E-state index < -0.39 is 38.9 Å². The number of benzene rings is 1. The van der Waals surface area contributed by atoms with Gasteiger partial charge in [-0.2, -0.15) is 5.10 Å². The van der Waals surface area contributed by atoms with E-state index in [-0.39, 0.29) is 29.1 Å². The lowest BCUT2D eigenvalue weighted by atomic mass is 9.80. The molecule has 1 fully saturated rings. The van der Waals surface area contributed by atoms with Crippen LogP contribution in [0.2, 0.25) is 0 Å². The van der Waals surface area contributed by atoms with Gasteiger partial charge in [0.25, 0.3) is 6.43 Å². The van der Waals surface area contributed by atoms with E-state index in [4.69, 9.17) is 0 Å². The number of halogens is 3. The Morgan fingerprint density at radius 3 is 2.39 bits per heavy atom. The number of sulfone groups is 1. The van der Waals surface area contributed by atoms with E-state index >= 15 is 0 Å². The minimum atomic E-state index is -3.79. The number of alkyl halides is 2. The summed E-state index contributed by atoms with van der Waals surface area (Å²) in [6.45, 7) is 1.69. The summed E-state index contributed by atoms with van der Waals surface area (Å²) in [5.41, 5.74) is 0.174. The van der Waals surface area contributed by atoms with Crippen LogP contribution in [-0.4, -0.2) is 39.2 Å². The number of carbonyl (C=O) groups excluding carboxylic acids is 1. The van der Waals surface area contributed by atoms with Crippen molar-refractivity contribution in [2.45, 2.75) is 49.2 Å². The minimum absolute atomic E-state index is 0.00500. The smallest absolute Gasteiger partial charge is 0.282 e. The molecule has 1 aromatic carbocycles. The Hall–Kier alpha value is -3.08. The zero-order chi connectivity index (χ0) is 23.8. The third-order valence-electron chi connectivity index (χ3n) is 5.87. The lowest BCUT2D eigenvalue weighted by Gasteiger charge is -2.35. The van der Waals surface area contributed by atoms with Crippen LogP contribution < -0.4 is 0 Å². The Balaban J connectivity index is 1.47. The van der Waals surface area contributed by atoms with Gasteiger partial charge >= 0.3 is 0 Å². The second-order valence-electron chi connectivity index (χ2n) is 7.96. The second kappa shape index (κ2) is 9.05. The quantitative estimate of drug-likeness (QED) is 0.457. The average Bonchev–Trinajstić information content (AvgIpc) is 3.16. The first-order chi connectivity index (χ1) is 15.7. The van der Waals surface area contributed by atoms with Crippen LogP contribution >= 0.6 is 0 Å². The van der Waals surface area contributed by atoms with E-state index in [1.165, 1.54) is 35.4 Å². The third-order valence-corrected chi connectivity index (χ3v) is 8.16. The largest absolute Gasteiger partial charge is 0.299 e. The normalized spacial score (nSPS) is 18.3. The molecule has 3 aromatic rings. The lowest BCUT2D eigenvalue weighted by molar-refractivity contribution is -0.124. The minimum Gasteiger partial charge on any atom is -0.299 e. The molecular weight excluding hydrogens is 457 g/mol. The van der Waals surface area contributed by atoms with Crippen molar-refractivity contribution in [2.75, 3.05) is 0 Å². The summed E-state index contributed by atoms with van der Waals surface area (Å²) in [7, 11) is -3.79. The van der Waals surface area contributed by atoms with E-state index in [1.54, 1.807) is 6.92 Å². The topological polar surface area (TPSA) is 94.8 Å². The molecule has 2 atom stereocenters. The van der Waals surface area contributed by atoms with Crippen LogP contribution in [0.5, 0.6) is 0 Å². The molecular formula is C22H21F3N4O3S. The van der Waals surface area contributed by atoms with Crippen molar-refractivity contribution < 1.29 is 26.4 Å². The molecule has 2 heterocycles. The van der Waals surface area contributed by atoms with Gasteiger partial charge in [-0.1, -0.05) is 0 Å². The monoisotopic (exact) mass is 478 g/mol. The number of Topliss-reactive ketones (excluding diaryl/α,β-unsaturated/α-hetero) is 1. The van der Waals surface area contributed by atoms with Crippen molar-refractivity contribution in [1.82, 2.24) is 19.7 Å². The summed E-state index contributed by atoms with van der Waals surface area (Å²) in [4.78, 5) is 20.8. The number of aromatic nitrogens is 4. The van der Waals surface area contributed by atoms with Gasteiger partial charge in [0.15, 0.2) is 9.84 Å². The van der Waals surface area contributed by atoms with Crippen molar-refractivity contribution in [3.8, 4) is 5.69 Å². The highest BCUT2D eigenvalue weighted by Crippen LogP contribution is 2.38. The van der Waals surface area contributed by atoms with Crippen LogP contribution in [0.4, 0.5) is 13.2 Å². The second-order valence-corrected chi connectivity index (χ2v) is 10.1. The molecule has 0 saturated heterocycles. The molecule has 174 valence electrons. The summed E-state index contributed by atoms with van der Waals surface area (Å²) in [6, 6.07) is 4.49. The maximum absolute atomic E-state index is 13.5. The molecule has 4 rings (SSSR count). The van der Waals surface area contributed by atoms with E-state index in [9.17, 15) is 26.4 Å². The van der Waals surface area contributed by atoms with Crippen molar-refractivity contribution in [3.05, 3.63) is 65.8 Å². The third kappa shape index (κ3) is 4.68. The zero-order valence-corrected chi connectivity index (χ0v) is 18.5. The molecule has 0 N–H and O–H groups in total. The summed E-state index contributed by atoms with van der Waals surface area (Å²) in [5, 5.41) is 3.03. The molecule has 0 spiro atoms. The van der Waals surface area contributed by atoms with Gasteiger partial charge < -0.3 is 0 Å². The predicted molar refractivity (Wildman–Crippen MR) is 112 cm³/mol. The number of aryl methyl sites for hydroxylation is 2. The Labute approximate surface area is 188 Å². The highest BCUT2D eigenvalue weighted by atomic mass is 32.2. The van der Waals surface area contributed by atoms with E-state index in [1.807, 2.05) is 0 Å². The maximum Gasteiger partial charge on any atom is 0.282 e. The van der Waals surface area contributed by atoms with E-state index in [0.29, 0.717) is 24.4 Å². The van der Waals surface area contributed by atoms with Gasteiger partial charge in [-0.25, -0.2) is 36.2 Å². The molecule has 0 aliphatic heterocycles. The molecule has 7 nitrogen and oxygen atoms in total. The van der Waals surface area contributed by atoms with Gasteiger partial charge in [-0.05, 0) is 50.5 Å². The van der Waals surface area contributed by atoms with Crippen LogP contribution in [0.1, 0.15) is 42.8 Å². The lowest BCUT2D eigenvalue weighted by Crippen LogP contribution is -2.43. The van der Waals surface area contributed by atoms with Crippen molar-refractivity contribution >= 4 is 15.6 Å². The molecule has 1 aliphatic rings. The van der Waals surface area contributed by atoms with Gasteiger partial charge in [0, 0.05) is 24.1 Å². The van der Waals surface area contributed by atoms with Crippen molar-refractivity contribution in [1.29, 1.82) is 0 Å². The van der Waals surface area contributed by atoms with E-state index in [2.05, 4.69) is 15.1 Å². The first kappa shape index (κ1) is 23.1. The molecule has 2 aromatic heterocycles. The number of rotatable bonds is 8. The van der Waals surface area contributed by atoms with Gasteiger partial charge in [0.1, 0.15) is 28.8 Å². The van der Waals surface area contributed by atoms with Gasteiger partial charge in [-0.15, -0.1) is 0 Å². The number of ketones is 1. The van der Waals surface area contributed by atoms with Gasteiger partial charge in [-0.3, -0.25) is 4.79 Å². The highest BCUT2D eigenvalue weighted by molar-refractivity contribution is 7.92. The number of hydrogen-bond donors (Lipinski definition) is 0. The molecule has 0 bridgehead atoms. The van der Waals surface area contributed by atoms with Crippen molar-refractivity contribution in [3.63, 3.8) is 0 Å². The van der Waals surface area contributed by atoms with Crippen LogP contribution in [0.25, 0.3) is 5.69 Å². The van der Waals surface area contributed by atoms with Gasteiger partial charge in [0.2, 0.25) is 0 Å². The van der Waals surface area contributed by atoms with Crippen molar-refractivity contribution in [2.24, 2.45) is 5.92 Å². The predicted octanol–water partition coefficient (Wildman–Crippen LogP) is 3.80. The highest BCUT2D eigenvalue weighted by Gasteiger charge is 2.45. The molecule has 0 amide bonds. The maximum atomic E-state index is 13.5. The Kier molecular flexibility index (Phi) is 6.33. The summed E-state index contributed by atoms with van der Waals surface area (Å²) in [6.07, 6.45) is 2.14. The van der Waals surface area contributed by atoms with Crippen LogP contribution in [0.3, 0.4) is 0 Å². The summed E-state index contributed by atoms with van der Waals surface area (Å²) >= 11 is 0. The Bertz CT molecular complexity index is 1260. The number of nitrogens with zero attached hydrogens (tertiary/aromatic N) is 4. The van der Waals surface area contributed by atoms with E-state index in [0.717, 1.165) is 12.1 Å². The molecule has 0 unspecified atom stereocenters. The number of carbonyl (C=O) groups is 1. The fraction of sp³-hybridized carbons (Fsp3) is 0.364. The standard InChI is InChI=1S/C22H21F3N4O3S/c1-13-26-10-16(11-27-13)29-12-14(21(28-29)22(24)25)2-8-19(30)18-7-9-20(18)33(31,32)17-5-3-15(23)4-6-17/h3-6,10-12,18,20,22H,2,7-9H2,1H3/t18-,20-/m0/s1. The Morgan fingerprint density at radius 1 is 1.15 bits per heavy atom. The van der Waals surface area contributed by atoms with Gasteiger partial charge in [0.05, 0.1) is 22.5 Å². The zero-order valence-electron chi connectivity index (χ0n) is 17.7. The van der Waals surface area contributed by atoms with Crippen LogP contribution in [0, 0.1) is 18.7 Å². The average molecular weight is 478 g/mol. The molecule has 11 heteroatoms. The molecule has 33 heavy (non-hydrogen) atoms. The molecule has 0 radical (unpaired) electrons. The SMILES string of the molecule is Cc1ncc(-n2cc(CCC(=O)[C@@H]3CC[C@@H]3S(=O)(=O)c3ccc(F)cc3)c(C(F)F)n2)cn1. The fourth-order valence-electron chi connectivity index (χ4n) is 3.89. The fourth-order valence-corrected chi connectivity index (χ4v) is 5.92. The molecule has 1 saturated carbocycles. The van der Waals surface area contributed by atoms with Crippen LogP contribution in [-0.2, 0) is 21.1 Å². The molecule has 1 aliphatic carbocycles. The van der Waals surface area contributed by atoms with Crippen LogP contribution in [0.15, 0.2) is 47.8 Å². The number of hydrogen-bond acceptors (Lipinski definition) is 6.